The van der Waals surface area contributed by atoms with Crippen molar-refractivity contribution in [2.24, 2.45) is 0 Å². The highest BCUT2D eigenvalue weighted by molar-refractivity contribution is 5.34. The molecule has 1 rings (SSSR count). The van der Waals surface area contributed by atoms with Crippen LogP contribution in [-0.4, -0.2) is 35.7 Å². The van der Waals surface area contributed by atoms with E-state index >= 15 is 0 Å². The highest BCUT2D eigenvalue weighted by Crippen LogP contribution is 2.19. The van der Waals surface area contributed by atoms with E-state index in [0.29, 0.717) is 0 Å². The Labute approximate surface area is 86.2 Å². The third kappa shape index (κ3) is 2.82. The zero-order chi connectivity index (χ0) is 10.6. The van der Waals surface area contributed by atoms with Gasteiger partial charge in [-0.15, -0.1) is 0 Å². The van der Waals surface area contributed by atoms with E-state index in [2.05, 4.69) is 18.1 Å². The first kappa shape index (κ1) is 11.2. The highest BCUT2D eigenvalue weighted by Gasteiger charge is 2.16. The van der Waals surface area contributed by atoms with Crippen LogP contribution in [0.4, 0.5) is 0 Å². The van der Waals surface area contributed by atoms with Gasteiger partial charge in [0.1, 0.15) is 0 Å². The van der Waals surface area contributed by atoms with E-state index in [1.54, 1.807) is 0 Å². The number of hydrogen-bond acceptors (Lipinski definition) is 2. The molecule has 2 nitrogen and oxygen atoms in total. The molecule has 0 radical (unpaired) electrons. The molecule has 0 saturated carbocycles. The molecule has 2 heteroatoms. The highest BCUT2D eigenvalue weighted by atomic mass is 16.3. The Morgan fingerprint density at radius 1 is 1.43 bits per heavy atom. The molecule has 1 unspecified atom stereocenters. The summed E-state index contributed by atoms with van der Waals surface area (Å²) in [5, 5.41) is 9.28. The average Bonchev–Trinajstić information content (AvgIpc) is 2.16. The minimum Gasteiger partial charge on any atom is -0.392 e. The Morgan fingerprint density at radius 2 is 2.07 bits per heavy atom. The van der Waals surface area contributed by atoms with Crippen molar-refractivity contribution in [1.29, 1.82) is 0 Å². The van der Waals surface area contributed by atoms with Crippen molar-refractivity contribution in [3.63, 3.8) is 0 Å². The quantitative estimate of drug-likeness (QED) is 0.735. The first-order valence-corrected chi connectivity index (χ1v) is 5.04. The van der Waals surface area contributed by atoms with Gasteiger partial charge in [-0.25, -0.2) is 0 Å². The molecule has 0 aromatic rings. The number of hydrogen-bond donors (Lipinski definition) is 1. The molecule has 0 saturated heterocycles. The van der Waals surface area contributed by atoms with E-state index in [1.807, 2.05) is 19.1 Å². The van der Waals surface area contributed by atoms with Gasteiger partial charge in [-0.1, -0.05) is 25.3 Å². The molecule has 1 N–H and O–H groups in total. The van der Waals surface area contributed by atoms with Gasteiger partial charge in [-0.3, -0.25) is 4.90 Å². The van der Waals surface area contributed by atoms with E-state index in [-0.39, 0.29) is 6.10 Å². The summed E-state index contributed by atoms with van der Waals surface area (Å²) in [6.07, 6.45) is 4.56. The van der Waals surface area contributed by atoms with Crippen LogP contribution in [0.2, 0.25) is 0 Å². The average molecular weight is 193 g/mol. The normalized spacial score (nSPS) is 20.7. The van der Waals surface area contributed by atoms with Crippen LogP contribution in [0.1, 0.15) is 13.3 Å². The molecule has 0 aliphatic carbocycles. The molecule has 0 aromatic carbocycles. The summed E-state index contributed by atoms with van der Waals surface area (Å²) in [5.41, 5.74) is 2.54. The van der Waals surface area contributed by atoms with E-state index < -0.39 is 0 Å². The Kier molecular flexibility index (Phi) is 4.11. The molecule has 1 aliphatic rings. The Balaban J connectivity index is 2.64. The predicted molar refractivity (Wildman–Crippen MR) is 60.2 cm³/mol. The number of allylic oxidation sites excluding steroid dienone is 1. The molecule has 78 valence electrons. The Morgan fingerprint density at radius 3 is 2.57 bits per heavy atom. The molecular weight excluding hydrogens is 174 g/mol. The number of aliphatic hydroxyl groups excluding tert-OH is 1. The number of β-amino-alcohol motifs (C(OH)–C–C–N with tert-alkyl or cyclic N) is 1. The maximum absolute atomic E-state index is 9.28. The van der Waals surface area contributed by atoms with Crippen molar-refractivity contribution in [3.8, 4) is 0 Å². The van der Waals surface area contributed by atoms with Crippen LogP contribution in [0, 0.1) is 0 Å². The summed E-state index contributed by atoms with van der Waals surface area (Å²) in [7, 11) is 0. The fourth-order valence-electron chi connectivity index (χ4n) is 1.82. The predicted octanol–water partition coefficient (Wildman–Crippen LogP) is 1.74. The fraction of sp³-hybridized carbons (Fsp3) is 0.500. The SMILES string of the molecule is C=CC1=C(C=C)CN(CC(C)O)CC1. The molecule has 0 spiro atoms. The van der Waals surface area contributed by atoms with Gasteiger partial charge >= 0.3 is 0 Å². The second kappa shape index (κ2) is 5.13. The van der Waals surface area contributed by atoms with E-state index in [1.165, 1.54) is 11.1 Å². The standard InChI is InChI=1S/C12H19NO/c1-4-11-6-7-13(8-10(3)14)9-12(11)5-2/h4-5,10,14H,1-2,6-9H2,3H3. The van der Waals surface area contributed by atoms with Crippen LogP contribution in [0.15, 0.2) is 36.5 Å². The summed E-state index contributed by atoms with van der Waals surface area (Å²) in [5.74, 6) is 0. The lowest BCUT2D eigenvalue weighted by atomic mass is 10.00. The number of nitrogens with zero attached hydrogens (tertiary/aromatic N) is 1. The third-order valence-corrected chi connectivity index (χ3v) is 2.52. The van der Waals surface area contributed by atoms with Crippen LogP contribution in [0.5, 0.6) is 0 Å². The molecule has 1 atom stereocenters. The largest absolute Gasteiger partial charge is 0.392 e. The lowest BCUT2D eigenvalue weighted by molar-refractivity contribution is 0.130. The van der Waals surface area contributed by atoms with Gasteiger partial charge in [-0.05, 0) is 24.5 Å². The molecule has 0 bridgehead atoms. The van der Waals surface area contributed by atoms with Crippen LogP contribution < -0.4 is 0 Å². The van der Waals surface area contributed by atoms with Gasteiger partial charge in [0.25, 0.3) is 0 Å². The molecule has 0 amide bonds. The molecule has 1 aliphatic heterocycles. The van der Waals surface area contributed by atoms with Gasteiger partial charge in [0.2, 0.25) is 0 Å². The fourth-order valence-corrected chi connectivity index (χ4v) is 1.82. The molecular formula is C12H19NO. The summed E-state index contributed by atoms with van der Waals surface area (Å²) in [6.45, 7) is 12.0. The second-order valence-electron chi connectivity index (χ2n) is 3.79. The summed E-state index contributed by atoms with van der Waals surface area (Å²) < 4.78 is 0. The topological polar surface area (TPSA) is 23.5 Å². The van der Waals surface area contributed by atoms with Gasteiger partial charge in [-0.2, -0.15) is 0 Å². The van der Waals surface area contributed by atoms with Gasteiger partial charge in [0.05, 0.1) is 6.10 Å². The molecule has 0 aromatic heterocycles. The van der Waals surface area contributed by atoms with Crippen molar-refractivity contribution < 1.29 is 5.11 Å². The van der Waals surface area contributed by atoms with Gasteiger partial charge < -0.3 is 5.11 Å². The zero-order valence-corrected chi connectivity index (χ0v) is 8.87. The van der Waals surface area contributed by atoms with Crippen LogP contribution >= 0.6 is 0 Å². The third-order valence-electron chi connectivity index (χ3n) is 2.52. The zero-order valence-electron chi connectivity index (χ0n) is 8.87. The van der Waals surface area contributed by atoms with Gasteiger partial charge in [0.15, 0.2) is 0 Å². The summed E-state index contributed by atoms with van der Waals surface area (Å²) >= 11 is 0. The maximum atomic E-state index is 9.28. The van der Waals surface area contributed by atoms with Crippen LogP contribution in [-0.2, 0) is 0 Å². The minimum absolute atomic E-state index is 0.258. The maximum Gasteiger partial charge on any atom is 0.0639 e. The van der Waals surface area contributed by atoms with Crippen LogP contribution in [0.3, 0.4) is 0 Å². The van der Waals surface area contributed by atoms with Crippen molar-refractivity contribution in [2.75, 3.05) is 19.6 Å². The lowest BCUT2D eigenvalue weighted by Crippen LogP contribution is -2.36. The van der Waals surface area contributed by atoms with Crippen molar-refractivity contribution in [2.45, 2.75) is 19.4 Å². The van der Waals surface area contributed by atoms with E-state index in [0.717, 1.165) is 26.1 Å². The monoisotopic (exact) mass is 193 g/mol. The summed E-state index contributed by atoms with van der Waals surface area (Å²) in [4.78, 5) is 2.24. The van der Waals surface area contributed by atoms with Crippen molar-refractivity contribution in [3.05, 3.63) is 36.5 Å². The molecule has 1 heterocycles. The van der Waals surface area contributed by atoms with Crippen molar-refractivity contribution >= 4 is 0 Å². The first-order valence-electron chi connectivity index (χ1n) is 5.04. The Bertz CT molecular complexity index is 253. The van der Waals surface area contributed by atoms with Gasteiger partial charge in [0, 0.05) is 19.6 Å². The van der Waals surface area contributed by atoms with Crippen molar-refractivity contribution in [1.82, 2.24) is 4.90 Å². The smallest absolute Gasteiger partial charge is 0.0639 e. The summed E-state index contributed by atoms with van der Waals surface area (Å²) in [6, 6.07) is 0. The number of rotatable bonds is 4. The van der Waals surface area contributed by atoms with E-state index in [4.69, 9.17) is 0 Å². The Hall–Kier alpha value is -0.860. The minimum atomic E-state index is -0.258. The second-order valence-corrected chi connectivity index (χ2v) is 3.79. The lowest BCUT2D eigenvalue weighted by Gasteiger charge is -2.29. The first-order chi connectivity index (χ1) is 6.67. The van der Waals surface area contributed by atoms with E-state index in [9.17, 15) is 5.11 Å². The molecule has 14 heavy (non-hydrogen) atoms. The number of aliphatic hydroxyl groups is 1. The molecule has 0 fully saturated rings. The van der Waals surface area contributed by atoms with Crippen LogP contribution in [0.25, 0.3) is 0 Å².